The van der Waals surface area contributed by atoms with Crippen molar-refractivity contribution in [1.82, 2.24) is 5.01 Å². The van der Waals surface area contributed by atoms with Gasteiger partial charge in [0.25, 0.3) is 0 Å². The van der Waals surface area contributed by atoms with Gasteiger partial charge in [0.2, 0.25) is 6.23 Å². The van der Waals surface area contributed by atoms with Gasteiger partial charge in [-0.3, -0.25) is 0 Å². The molecule has 26 heavy (non-hydrogen) atoms. The van der Waals surface area contributed by atoms with E-state index >= 15 is 0 Å². The molecule has 2 aromatic carbocycles. The summed E-state index contributed by atoms with van der Waals surface area (Å²) in [5.74, 6) is 0.905. The quantitative estimate of drug-likeness (QED) is 0.455. The molecular weight excluding hydrogens is 432 g/mol. The lowest BCUT2D eigenvalue weighted by Gasteiger charge is -2.38. The molecule has 0 saturated heterocycles. The summed E-state index contributed by atoms with van der Waals surface area (Å²) in [5.41, 5.74) is 3.27. The molecule has 6 heteroatoms. The molecule has 0 saturated carbocycles. The maximum Gasteiger partial charge on any atom is 0.213 e. The maximum absolute atomic E-state index is 6.35. The molecule has 3 aromatic rings. The lowest BCUT2D eigenvalue weighted by Crippen LogP contribution is -2.33. The molecule has 2 atom stereocenters. The van der Waals surface area contributed by atoms with E-state index in [9.17, 15) is 0 Å². The molecule has 0 fully saturated rings. The van der Waals surface area contributed by atoms with Crippen LogP contribution in [0.2, 0.25) is 5.02 Å². The van der Waals surface area contributed by atoms with Crippen LogP contribution in [0.15, 0.2) is 69.6 Å². The number of hydrogen-bond donors (Lipinski definition) is 0. The smallest absolute Gasteiger partial charge is 0.213 e. The summed E-state index contributed by atoms with van der Waals surface area (Å²) in [7, 11) is 0. The Hall–Kier alpha value is -1.82. The Morgan fingerprint density at radius 2 is 2.08 bits per heavy atom. The average Bonchev–Trinajstić information content (AvgIpc) is 3.31. The number of thiophene rings is 1. The van der Waals surface area contributed by atoms with Crippen LogP contribution in [0.1, 0.15) is 34.7 Å². The Bertz CT molecular complexity index is 1000. The molecule has 0 amide bonds. The normalized spacial score (nSPS) is 21.0. The van der Waals surface area contributed by atoms with E-state index in [1.807, 2.05) is 36.4 Å². The molecule has 0 bridgehead atoms. The largest absolute Gasteiger partial charge is 0.464 e. The first-order valence-electron chi connectivity index (χ1n) is 8.30. The minimum Gasteiger partial charge on any atom is -0.464 e. The lowest BCUT2D eigenvalue weighted by atomic mass is 9.98. The van der Waals surface area contributed by atoms with Crippen molar-refractivity contribution in [2.45, 2.75) is 18.7 Å². The van der Waals surface area contributed by atoms with Gasteiger partial charge in [-0.2, -0.15) is 5.10 Å². The first kappa shape index (κ1) is 16.4. The van der Waals surface area contributed by atoms with Crippen LogP contribution in [0.3, 0.4) is 0 Å². The molecule has 0 N–H and O–H groups in total. The zero-order valence-electron chi connectivity index (χ0n) is 13.6. The molecule has 3 heterocycles. The number of hydrazone groups is 1. The third-order valence-electron chi connectivity index (χ3n) is 4.69. The van der Waals surface area contributed by atoms with Gasteiger partial charge in [-0.1, -0.05) is 45.7 Å². The van der Waals surface area contributed by atoms with E-state index in [2.05, 4.69) is 44.5 Å². The fourth-order valence-corrected chi connectivity index (χ4v) is 4.83. The minimum absolute atomic E-state index is 0.150. The molecule has 3 nitrogen and oxygen atoms in total. The fraction of sp³-hybridized carbons (Fsp3) is 0.150. The number of benzene rings is 2. The first-order valence-corrected chi connectivity index (χ1v) is 10.4. The number of rotatable bonds is 2. The highest BCUT2D eigenvalue weighted by Crippen LogP contribution is 2.48. The van der Waals surface area contributed by atoms with Gasteiger partial charge in [-0.05, 0) is 41.8 Å². The molecule has 130 valence electrons. The Balaban J connectivity index is 1.63. The Labute approximate surface area is 169 Å². The number of halogens is 2. The van der Waals surface area contributed by atoms with Gasteiger partial charge in [-0.15, -0.1) is 11.3 Å². The van der Waals surface area contributed by atoms with Crippen molar-refractivity contribution in [3.63, 3.8) is 0 Å². The highest BCUT2D eigenvalue weighted by Gasteiger charge is 2.41. The van der Waals surface area contributed by atoms with Crippen LogP contribution in [0, 0.1) is 0 Å². The summed E-state index contributed by atoms with van der Waals surface area (Å²) in [5, 5.41) is 9.81. The molecular formula is C20H14BrClN2OS. The van der Waals surface area contributed by atoms with Gasteiger partial charge in [0.05, 0.1) is 16.6 Å². The SMILES string of the molecule is Clc1cccc([C@@H]2Oc3ccc(Br)cc3[C@@H]3CC(c4cccs4)=NN32)c1. The van der Waals surface area contributed by atoms with Crippen LogP contribution < -0.4 is 4.74 Å². The van der Waals surface area contributed by atoms with Crippen molar-refractivity contribution >= 4 is 44.6 Å². The summed E-state index contributed by atoms with van der Waals surface area (Å²) in [4.78, 5) is 1.21. The zero-order valence-corrected chi connectivity index (χ0v) is 16.8. The summed E-state index contributed by atoms with van der Waals surface area (Å²) < 4.78 is 7.40. The predicted molar refractivity (Wildman–Crippen MR) is 109 cm³/mol. The molecule has 0 aliphatic carbocycles. The molecule has 5 rings (SSSR count). The fourth-order valence-electron chi connectivity index (χ4n) is 3.53. The second-order valence-electron chi connectivity index (χ2n) is 6.33. The predicted octanol–water partition coefficient (Wildman–Crippen LogP) is 6.41. The topological polar surface area (TPSA) is 24.8 Å². The van der Waals surface area contributed by atoms with Gasteiger partial charge in [0.1, 0.15) is 5.75 Å². The molecule has 0 spiro atoms. The first-order chi connectivity index (χ1) is 12.7. The van der Waals surface area contributed by atoms with Crippen molar-refractivity contribution in [2.75, 3.05) is 0 Å². The number of nitrogens with zero attached hydrogens (tertiary/aromatic N) is 2. The van der Waals surface area contributed by atoms with Crippen molar-refractivity contribution in [2.24, 2.45) is 5.10 Å². The monoisotopic (exact) mass is 444 g/mol. The van der Waals surface area contributed by atoms with Gasteiger partial charge < -0.3 is 4.74 Å². The maximum atomic E-state index is 6.35. The number of ether oxygens (including phenoxy) is 1. The van der Waals surface area contributed by atoms with Gasteiger partial charge in [0, 0.05) is 27.0 Å². The van der Waals surface area contributed by atoms with Crippen molar-refractivity contribution in [3.8, 4) is 5.75 Å². The second kappa shape index (κ2) is 6.41. The number of fused-ring (bicyclic) bond motifs is 3. The van der Waals surface area contributed by atoms with Gasteiger partial charge in [-0.25, -0.2) is 5.01 Å². The van der Waals surface area contributed by atoms with Crippen LogP contribution in [0.4, 0.5) is 0 Å². The molecule has 2 aliphatic heterocycles. The van der Waals surface area contributed by atoms with E-state index in [1.165, 1.54) is 4.88 Å². The molecule has 0 radical (unpaired) electrons. The standard InChI is InChI=1S/C20H14BrClN2OS/c21-13-6-7-18-15(10-13)17-11-16(19-5-2-8-26-19)23-24(17)20(25-18)12-3-1-4-14(22)9-12/h1-10,17,20H,11H2/t17-,20-/m0/s1. The Morgan fingerprint density at radius 1 is 1.15 bits per heavy atom. The Morgan fingerprint density at radius 3 is 2.88 bits per heavy atom. The third kappa shape index (κ3) is 2.75. The molecule has 1 aromatic heterocycles. The van der Waals surface area contributed by atoms with Crippen molar-refractivity contribution in [1.29, 1.82) is 0 Å². The zero-order chi connectivity index (χ0) is 17.7. The third-order valence-corrected chi connectivity index (χ3v) is 6.34. The second-order valence-corrected chi connectivity index (χ2v) is 8.63. The van der Waals surface area contributed by atoms with E-state index in [0.717, 1.165) is 33.5 Å². The minimum atomic E-state index is -0.287. The van der Waals surface area contributed by atoms with Crippen LogP contribution in [-0.4, -0.2) is 10.7 Å². The molecule has 2 aliphatic rings. The van der Waals surface area contributed by atoms with Crippen molar-refractivity contribution in [3.05, 3.63) is 85.5 Å². The van der Waals surface area contributed by atoms with E-state index in [4.69, 9.17) is 21.4 Å². The highest BCUT2D eigenvalue weighted by atomic mass is 79.9. The lowest BCUT2D eigenvalue weighted by molar-refractivity contribution is -0.0190. The van der Waals surface area contributed by atoms with E-state index in [-0.39, 0.29) is 12.3 Å². The van der Waals surface area contributed by atoms with E-state index in [1.54, 1.807) is 11.3 Å². The summed E-state index contributed by atoms with van der Waals surface area (Å²) in [6, 6.07) is 18.3. The van der Waals surface area contributed by atoms with Gasteiger partial charge >= 0.3 is 0 Å². The van der Waals surface area contributed by atoms with E-state index in [0.29, 0.717) is 5.02 Å². The average molecular weight is 446 g/mol. The highest BCUT2D eigenvalue weighted by molar-refractivity contribution is 9.10. The number of hydrogen-bond acceptors (Lipinski definition) is 4. The van der Waals surface area contributed by atoms with Crippen LogP contribution >= 0.6 is 38.9 Å². The summed E-state index contributed by atoms with van der Waals surface area (Å²) in [6.07, 6.45) is 0.578. The van der Waals surface area contributed by atoms with E-state index < -0.39 is 0 Å². The van der Waals surface area contributed by atoms with Gasteiger partial charge in [0.15, 0.2) is 0 Å². The van der Waals surface area contributed by atoms with Crippen LogP contribution in [0.5, 0.6) is 5.75 Å². The van der Waals surface area contributed by atoms with Crippen molar-refractivity contribution < 1.29 is 4.74 Å². The van der Waals surface area contributed by atoms with Crippen LogP contribution in [-0.2, 0) is 0 Å². The summed E-state index contributed by atoms with van der Waals surface area (Å²) in [6.45, 7) is 0. The summed E-state index contributed by atoms with van der Waals surface area (Å²) >= 11 is 11.5. The molecule has 0 unspecified atom stereocenters. The Kier molecular flexibility index (Phi) is 4.03. The van der Waals surface area contributed by atoms with Crippen LogP contribution in [0.25, 0.3) is 0 Å².